The fourth-order valence-electron chi connectivity index (χ4n) is 1.87. The molecule has 0 unspecified atom stereocenters. The van der Waals surface area contributed by atoms with E-state index >= 15 is 0 Å². The average Bonchev–Trinajstić information content (AvgIpc) is 2.28. The lowest BCUT2D eigenvalue weighted by atomic mass is 10.2. The molecule has 0 atom stereocenters. The van der Waals surface area contributed by atoms with Gasteiger partial charge in [-0.25, -0.2) is 0 Å². The van der Waals surface area contributed by atoms with Crippen molar-refractivity contribution in [1.82, 2.24) is 15.5 Å². The van der Waals surface area contributed by atoms with E-state index in [-0.39, 0.29) is 6.42 Å². The van der Waals surface area contributed by atoms with Gasteiger partial charge in [-0.3, -0.25) is 4.90 Å². The first-order chi connectivity index (χ1) is 8.08. The molecule has 0 saturated carbocycles. The summed E-state index contributed by atoms with van der Waals surface area (Å²) in [6.45, 7) is 6.73. The van der Waals surface area contributed by atoms with Crippen LogP contribution in [-0.4, -0.2) is 56.9 Å². The number of alkyl halides is 3. The van der Waals surface area contributed by atoms with Gasteiger partial charge < -0.3 is 10.6 Å². The predicted molar refractivity (Wildman–Crippen MR) is 62.1 cm³/mol. The number of hydrogen-bond donors (Lipinski definition) is 2. The number of halogens is 3. The Morgan fingerprint density at radius 2 is 1.76 bits per heavy atom. The van der Waals surface area contributed by atoms with E-state index in [1.165, 1.54) is 0 Å². The highest BCUT2D eigenvalue weighted by atomic mass is 19.4. The van der Waals surface area contributed by atoms with Crippen LogP contribution >= 0.6 is 0 Å². The summed E-state index contributed by atoms with van der Waals surface area (Å²) in [6, 6.07) is 0. The van der Waals surface area contributed by atoms with Gasteiger partial charge in [-0.05, 0) is 19.4 Å². The van der Waals surface area contributed by atoms with Crippen molar-refractivity contribution in [2.24, 2.45) is 0 Å². The van der Waals surface area contributed by atoms with Gasteiger partial charge in [-0.15, -0.1) is 0 Å². The van der Waals surface area contributed by atoms with E-state index < -0.39 is 12.6 Å². The van der Waals surface area contributed by atoms with Gasteiger partial charge in [-0.2, -0.15) is 13.2 Å². The molecule has 102 valence electrons. The zero-order chi connectivity index (χ0) is 12.6. The molecule has 17 heavy (non-hydrogen) atoms. The minimum atomic E-state index is -4.00. The summed E-state index contributed by atoms with van der Waals surface area (Å²) >= 11 is 0. The Kier molecular flexibility index (Phi) is 6.84. The van der Waals surface area contributed by atoms with Crippen LogP contribution in [0.15, 0.2) is 0 Å². The number of hydrogen-bond acceptors (Lipinski definition) is 3. The first kappa shape index (κ1) is 14.7. The smallest absolute Gasteiger partial charge is 0.315 e. The van der Waals surface area contributed by atoms with Crippen LogP contribution in [0.25, 0.3) is 0 Å². The largest absolute Gasteiger partial charge is 0.389 e. The Balaban J connectivity index is 1.84. The molecule has 1 saturated heterocycles. The van der Waals surface area contributed by atoms with Crippen LogP contribution in [0.5, 0.6) is 0 Å². The van der Waals surface area contributed by atoms with E-state index in [0.717, 1.165) is 39.3 Å². The quantitative estimate of drug-likeness (QED) is 0.668. The summed E-state index contributed by atoms with van der Waals surface area (Å²) in [5.41, 5.74) is 0. The van der Waals surface area contributed by atoms with Gasteiger partial charge in [0.2, 0.25) is 0 Å². The van der Waals surface area contributed by atoms with Crippen molar-refractivity contribution in [2.75, 3.05) is 45.8 Å². The second-order valence-corrected chi connectivity index (χ2v) is 4.41. The number of nitrogens with one attached hydrogen (secondary N) is 2. The van der Waals surface area contributed by atoms with Crippen LogP contribution in [0.3, 0.4) is 0 Å². The summed E-state index contributed by atoms with van der Waals surface area (Å²) in [6.07, 6.45) is -3.83. The van der Waals surface area contributed by atoms with Crippen molar-refractivity contribution in [2.45, 2.75) is 25.4 Å². The average molecular weight is 253 g/mol. The molecule has 1 aliphatic rings. The van der Waals surface area contributed by atoms with Crippen LogP contribution in [0.4, 0.5) is 13.2 Å². The number of piperazine rings is 1. The van der Waals surface area contributed by atoms with E-state index in [0.29, 0.717) is 13.0 Å². The highest BCUT2D eigenvalue weighted by Crippen LogP contribution is 2.21. The molecule has 1 heterocycles. The van der Waals surface area contributed by atoms with E-state index in [1.807, 2.05) is 0 Å². The molecule has 0 aliphatic carbocycles. The van der Waals surface area contributed by atoms with E-state index in [1.54, 1.807) is 0 Å². The fourth-order valence-corrected chi connectivity index (χ4v) is 1.87. The topological polar surface area (TPSA) is 27.3 Å². The molecule has 2 N–H and O–H groups in total. The van der Waals surface area contributed by atoms with Crippen molar-refractivity contribution in [3.63, 3.8) is 0 Å². The van der Waals surface area contributed by atoms with Crippen LogP contribution in [-0.2, 0) is 0 Å². The Hall–Kier alpha value is -0.330. The van der Waals surface area contributed by atoms with Gasteiger partial charge in [0.05, 0.1) is 0 Å². The predicted octanol–water partition coefficient (Wildman–Crippen LogP) is 1.21. The molecule has 3 nitrogen and oxygen atoms in total. The third-order valence-corrected chi connectivity index (χ3v) is 2.88. The molecular weight excluding hydrogens is 231 g/mol. The normalized spacial score (nSPS) is 18.5. The van der Waals surface area contributed by atoms with Gasteiger partial charge >= 0.3 is 6.18 Å². The zero-order valence-electron chi connectivity index (χ0n) is 10.2. The standard InChI is InChI=1S/C11H22F3N3/c12-11(13,14)3-1-2-4-15-5-8-17-9-6-16-7-10-17/h15-16H,1-10H2. The Morgan fingerprint density at radius 3 is 2.41 bits per heavy atom. The molecule has 0 aromatic carbocycles. The van der Waals surface area contributed by atoms with Crippen molar-refractivity contribution in [1.29, 1.82) is 0 Å². The summed E-state index contributed by atoms with van der Waals surface area (Å²) < 4.78 is 35.5. The molecule has 0 radical (unpaired) electrons. The van der Waals surface area contributed by atoms with E-state index in [2.05, 4.69) is 15.5 Å². The summed E-state index contributed by atoms with van der Waals surface area (Å²) in [7, 11) is 0. The van der Waals surface area contributed by atoms with Crippen molar-refractivity contribution in [3.8, 4) is 0 Å². The molecule has 0 bridgehead atoms. The summed E-state index contributed by atoms with van der Waals surface area (Å²) in [5.74, 6) is 0. The zero-order valence-corrected chi connectivity index (χ0v) is 10.2. The lowest BCUT2D eigenvalue weighted by Crippen LogP contribution is -2.45. The van der Waals surface area contributed by atoms with Crippen LogP contribution in [0.2, 0.25) is 0 Å². The minimum absolute atomic E-state index is 0.226. The third-order valence-electron chi connectivity index (χ3n) is 2.88. The second-order valence-electron chi connectivity index (χ2n) is 4.41. The molecule has 1 rings (SSSR count). The van der Waals surface area contributed by atoms with Gasteiger partial charge in [-0.1, -0.05) is 0 Å². The Bertz CT molecular complexity index is 191. The maximum absolute atomic E-state index is 11.8. The van der Waals surface area contributed by atoms with Crippen molar-refractivity contribution < 1.29 is 13.2 Å². The van der Waals surface area contributed by atoms with E-state index in [4.69, 9.17) is 0 Å². The van der Waals surface area contributed by atoms with Gasteiger partial charge in [0.15, 0.2) is 0 Å². The van der Waals surface area contributed by atoms with Crippen molar-refractivity contribution >= 4 is 0 Å². The van der Waals surface area contributed by atoms with Crippen LogP contribution in [0, 0.1) is 0 Å². The monoisotopic (exact) mass is 253 g/mol. The highest BCUT2D eigenvalue weighted by molar-refractivity contribution is 4.68. The Morgan fingerprint density at radius 1 is 1.06 bits per heavy atom. The lowest BCUT2D eigenvalue weighted by molar-refractivity contribution is -0.135. The first-order valence-corrected chi connectivity index (χ1v) is 6.28. The molecule has 1 aliphatic heterocycles. The number of nitrogens with zero attached hydrogens (tertiary/aromatic N) is 1. The second kappa shape index (κ2) is 7.89. The van der Waals surface area contributed by atoms with Gasteiger partial charge in [0.1, 0.15) is 0 Å². The van der Waals surface area contributed by atoms with Gasteiger partial charge in [0, 0.05) is 45.7 Å². The SMILES string of the molecule is FC(F)(F)CCCCNCCN1CCNCC1. The molecule has 6 heteroatoms. The molecule has 0 aromatic rings. The van der Waals surface area contributed by atoms with Gasteiger partial charge in [0.25, 0.3) is 0 Å². The lowest BCUT2D eigenvalue weighted by Gasteiger charge is -2.27. The molecule has 1 fully saturated rings. The molecule has 0 spiro atoms. The Labute approximate surface area is 101 Å². The molecular formula is C11H22F3N3. The first-order valence-electron chi connectivity index (χ1n) is 6.28. The third kappa shape index (κ3) is 8.40. The summed E-state index contributed by atoms with van der Waals surface area (Å²) in [5, 5.41) is 6.47. The molecule has 0 amide bonds. The minimum Gasteiger partial charge on any atom is -0.315 e. The molecule has 0 aromatic heterocycles. The van der Waals surface area contributed by atoms with Crippen molar-refractivity contribution in [3.05, 3.63) is 0 Å². The van der Waals surface area contributed by atoms with E-state index in [9.17, 15) is 13.2 Å². The fraction of sp³-hybridized carbons (Fsp3) is 1.00. The van der Waals surface area contributed by atoms with Crippen LogP contribution < -0.4 is 10.6 Å². The number of rotatable bonds is 7. The highest BCUT2D eigenvalue weighted by Gasteiger charge is 2.25. The summed E-state index contributed by atoms with van der Waals surface area (Å²) in [4.78, 5) is 2.36. The maximum atomic E-state index is 11.8. The number of unbranched alkanes of at least 4 members (excludes halogenated alkanes) is 1. The van der Waals surface area contributed by atoms with Crippen LogP contribution in [0.1, 0.15) is 19.3 Å². The maximum Gasteiger partial charge on any atom is 0.389 e.